The number of furan rings is 1. The summed E-state index contributed by atoms with van der Waals surface area (Å²) in [6.45, 7) is 1.05. The molecule has 3 heterocycles. The smallest absolute Gasteiger partial charge is 0.341 e. The summed E-state index contributed by atoms with van der Waals surface area (Å²) >= 11 is 0. The predicted octanol–water partition coefficient (Wildman–Crippen LogP) is 2.86. The third kappa shape index (κ3) is 3.53. The minimum Gasteiger partial charge on any atom is -0.472 e. The van der Waals surface area contributed by atoms with Gasteiger partial charge in [-0.2, -0.15) is 0 Å². The first-order valence-corrected chi connectivity index (χ1v) is 8.28. The molecule has 1 amide bonds. The van der Waals surface area contributed by atoms with E-state index in [1.54, 1.807) is 6.07 Å². The molecule has 1 atom stereocenters. The van der Waals surface area contributed by atoms with Gasteiger partial charge in [0.1, 0.15) is 12.0 Å². The Morgan fingerprint density at radius 1 is 1.33 bits per heavy atom. The molecule has 0 unspecified atom stereocenters. The summed E-state index contributed by atoms with van der Waals surface area (Å²) in [5.41, 5.74) is 1.10. The van der Waals surface area contributed by atoms with Crippen LogP contribution in [0.3, 0.4) is 0 Å². The van der Waals surface area contributed by atoms with Crippen molar-refractivity contribution in [1.82, 2.24) is 9.47 Å². The Hall–Kier alpha value is -2.50. The number of aryl methyl sites for hydroxylation is 1. The molecule has 0 saturated carbocycles. The maximum atomic E-state index is 12.8. The van der Waals surface area contributed by atoms with Gasteiger partial charge < -0.3 is 18.6 Å². The monoisotopic (exact) mass is 330 g/mol. The Labute approximate surface area is 141 Å². The highest BCUT2D eigenvalue weighted by molar-refractivity contribution is 5.93. The minimum atomic E-state index is -0.389. The van der Waals surface area contributed by atoms with Crippen molar-refractivity contribution in [2.75, 3.05) is 13.2 Å². The Morgan fingerprint density at radius 3 is 2.92 bits per heavy atom. The summed E-state index contributed by atoms with van der Waals surface area (Å²) in [7, 11) is 1.87. The predicted molar refractivity (Wildman–Crippen MR) is 87.7 cm³/mol. The molecule has 3 rings (SSSR count). The second-order valence-corrected chi connectivity index (χ2v) is 6.09. The van der Waals surface area contributed by atoms with Crippen LogP contribution in [0, 0.1) is 0 Å². The maximum Gasteiger partial charge on any atom is 0.341 e. The second-order valence-electron chi connectivity index (χ2n) is 6.09. The molecule has 0 aliphatic carbocycles. The molecular formula is C18H22N2O4. The number of esters is 1. The zero-order valence-corrected chi connectivity index (χ0v) is 13.8. The molecular weight excluding hydrogens is 308 g/mol. The number of likely N-dealkylation sites (tertiary alicyclic amines) is 1. The van der Waals surface area contributed by atoms with Gasteiger partial charge in [-0.05, 0) is 37.5 Å². The first-order chi connectivity index (χ1) is 11.7. The van der Waals surface area contributed by atoms with Crippen LogP contribution in [0.25, 0.3) is 0 Å². The Kier molecular flexibility index (Phi) is 5.03. The lowest BCUT2D eigenvalue weighted by Crippen LogP contribution is -2.44. The molecule has 24 heavy (non-hydrogen) atoms. The lowest BCUT2D eigenvalue weighted by Gasteiger charge is -2.35. The van der Waals surface area contributed by atoms with E-state index in [1.807, 2.05) is 34.8 Å². The molecule has 2 aromatic heterocycles. The number of piperidine rings is 1. The van der Waals surface area contributed by atoms with E-state index in [1.165, 1.54) is 12.5 Å². The van der Waals surface area contributed by atoms with Gasteiger partial charge >= 0.3 is 5.97 Å². The number of carbonyl (C=O) groups is 2. The van der Waals surface area contributed by atoms with Crippen LogP contribution in [-0.4, -0.2) is 40.5 Å². The average molecular weight is 330 g/mol. The normalized spacial score (nSPS) is 17.7. The van der Waals surface area contributed by atoms with Gasteiger partial charge in [-0.1, -0.05) is 0 Å². The van der Waals surface area contributed by atoms with Crippen LogP contribution in [0.5, 0.6) is 0 Å². The zero-order valence-electron chi connectivity index (χ0n) is 13.8. The maximum absolute atomic E-state index is 12.8. The standard InChI is InChI=1S/C18H22N2O4/c1-19-9-4-6-16(19)17(21)20-10-3-2-5-15(20)8-12-24-18(22)14-7-11-23-13-14/h4,6-7,9,11,13,15H,2-3,5,8,10,12H2,1H3/t15-/m0/s1. The summed E-state index contributed by atoms with van der Waals surface area (Å²) in [5, 5.41) is 0. The molecule has 6 nitrogen and oxygen atoms in total. The van der Waals surface area contributed by atoms with Gasteiger partial charge in [-0.15, -0.1) is 0 Å². The van der Waals surface area contributed by atoms with Gasteiger partial charge in [-0.25, -0.2) is 4.79 Å². The molecule has 1 saturated heterocycles. The van der Waals surface area contributed by atoms with Crippen LogP contribution in [0.4, 0.5) is 0 Å². The van der Waals surface area contributed by atoms with Gasteiger partial charge in [-0.3, -0.25) is 4.79 Å². The third-order valence-electron chi connectivity index (χ3n) is 4.49. The molecule has 1 aliphatic rings. The second kappa shape index (κ2) is 7.38. The summed E-state index contributed by atoms with van der Waals surface area (Å²) in [5.74, 6) is -0.340. The quantitative estimate of drug-likeness (QED) is 0.791. The van der Waals surface area contributed by atoms with Crippen LogP contribution in [0.2, 0.25) is 0 Å². The molecule has 1 fully saturated rings. The van der Waals surface area contributed by atoms with E-state index >= 15 is 0 Å². The molecule has 0 spiro atoms. The molecule has 128 valence electrons. The van der Waals surface area contributed by atoms with Crippen molar-refractivity contribution in [3.05, 3.63) is 48.2 Å². The largest absolute Gasteiger partial charge is 0.472 e. The SMILES string of the molecule is Cn1cccc1C(=O)N1CCCC[C@H]1CCOC(=O)c1ccoc1. The van der Waals surface area contributed by atoms with Crippen molar-refractivity contribution in [2.24, 2.45) is 7.05 Å². The third-order valence-corrected chi connectivity index (χ3v) is 4.49. The van der Waals surface area contributed by atoms with E-state index in [9.17, 15) is 9.59 Å². The Bertz CT molecular complexity index is 690. The molecule has 0 radical (unpaired) electrons. The number of amides is 1. The first kappa shape index (κ1) is 16.4. The van der Waals surface area contributed by atoms with Gasteiger partial charge in [0.2, 0.25) is 0 Å². The van der Waals surface area contributed by atoms with E-state index < -0.39 is 0 Å². The number of nitrogens with zero attached hydrogens (tertiary/aromatic N) is 2. The lowest BCUT2D eigenvalue weighted by molar-refractivity contribution is 0.0406. The number of carbonyl (C=O) groups excluding carboxylic acids is 2. The molecule has 2 aromatic rings. The summed E-state index contributed by atoms with van der Waals surface area (Å²) in [6, 6.07) is 5.40. The fourth-order valence-electron chi connectivity index (χ4n) is 3.15. The fraction of sp³-hybridized carbons (Fsp3) is 0.444. The van der Waals surface area contributed by atoms with Gasteiger partial charge in [0.25, 0.3) is 5.91 Å². The Balaban J connectivity index is 1.57. The van der Waals surface area contributed by atoms with Crippen LogP contribution in [0.15, 0.2) is 41.3 Å². The van der Waals surface area contributed by atoms with E-state index in [-0.39, 0.29) is 17.9 Å². The first-order valence-electron chi connectivity index (χ1n) is 8.28. The van der Waals surface area contributed by atoms with Crippen molar-refractivity contribution >= 4 is 11.9 Å². The lowest BCUT2D eigenvalue weighted by atomic mass is 9.99. The van der Waals surface area contributed by atoms with Crippen LogP contribution in [-0.2, 0) is 11.8 Å². The van der Waals surface area contributed by atoms with E-state index in [2.05, 4.69) is 0 Å². The van der Waals surface area contributed by atoms with Crippen molar-refractivity contribution < 1.29 is 18.7 Å². The highest BCUT2D eigenvalue weighted by atomic mass is 16.5. The van der Waals surface area contributed by atoms with Crippen molar-refractivity contribution in [2.45, 2.75) is 31.7 Å². The van der Waals surface area contributed by atoms with Crippen molar-refractivity contribution in [3.63, 3.8) is 0 Å². The van der Waals surface area contributed by atoms with Gasteiger partial charge in [0, 0.05) is 32.3 Å². The van der Waals surface area contributed by atoms with Crippen molar-refractivity contribution in [1.29, 1.82) is 0 Å². The molecule has 0 aromatic carbocycles. The summed E-state index contributed by atoms with van der Waals surface area (Å²) < 4.78 is 12.0. The van der Waals surface area contributed by atoms with Gasteiger partial charge in [0.15, 0.2) is 0 Å². The number of hydrogen-bond acceptors (Lipinski definition) is 4. The zero-order chi connectivity index (χ0) is 16.9. The van der Waals surface area contributed by atoms with Crippen LogP contribution < -0.4 is 0 Å². The number of hydrogen-bond donors (Lipinski definition) is 0. The van der Waals surface area contributed by atoms with E-state index in [0.717, 1.165) is 25.8 Å². The fourth-order valence-corrected chi connectivity index (χ4v) is 3.15. The van der Waals surface area contributed by atoms with Crippen molar-refractivity contribution in [3.8, 4) is 0 Å². The average Bonchev–Trinajstić information content (AvgIpc) is 3.26. The number of ether oxygens (including phenoxy) is 1. The molecule has 0 bridgehead atoms. The highest BCUT2D eigenvalue weighted by Gasteiger charge is 2.28. The molecule has 0 N–H and O–H groups in total. The summed E-state index contributed by atoms with van der Waals surface area (Å²) in [6.07, 6.45) is 8.39. The van der Waals surface area contributed by atoms with E-state index in [0.29, 0.717) is 24.3 Å². The topological polar surface area (TPSA) is 64.7 Å². The summed E-state index contributed by atoms with van der Waals surface area (Å²) in [4.78, 5) is 26.5. The Morgan fingerprint density at radius 2 is 2.21 bits per heavy atom. The molecule has 1 aliphatic heterocycles. The minimum absolute atomic E-state index is 0.0494. The van der Waals surface area contributed by atoms with Crippen LogP contribution >= 0.6 is 0 Å². The van der Waals surface area contributed by atoms with Gasteiger partial charge in [0.05, 0.1) is 18.4 Å². The number of aromatic nitrogens is 1. The van der Waals surface area contributed by atoms with Crippen LogP contribution in [0.1, 0.15) is 46.5 Å². The number of rotatable bonds is 5. The van der Waals surface area contributed by atoms with E-state index in [4.69, 9.17) is 9.15 Å². The molecule has 6 heteroatoms. The highest BCUT2D eigenvalue weighted by Crippen LogP contribution is 2.22.